The number of hydrogen-bond donors (Lipinski definition) is 1. The maximum atomic E-state index is 6.26. The lowest BCUT2D eigenvalue weighted by atomic mass is 10.1. The summed E-state index contributed by atoms with van der Waals surface area (Å²) < 4.78 is 5.64. The molecule has 0 radical (unpaired) electrons. The molecule has 0 bridgehead atoms. The van der Waals surface area contributed by atoms with Crippen LogP contribution >= 0.6 is 23.8 Å². The summed E-state index contributed by atoms with van der Waals surface area (Å²) in [4.78, 5) is 2.58. The SMILES string of the molecule is CN(CCOCC1CC1)Cc1ccc(C(N)=S)cc1Cl. The molecule has 0 aliphatic heterocycles. The minimum absolute atomic E-state index is 0.375. The lowest BCUT2D eigenvalue weighted by Crippen LogP contribution is -2.23. The van der Waals surface area contributed by atoms with Gasteiger partial charge in [-0.1, -0.05) is 36.0 Å². The lowest BCUT2D eigenvalue weighted by molar-refractivity contribution is 0.102. The minimum Gasteiger partial charge on any atom is -0.389 e. The Bertz CT molecular complexity index is 477. The second-order valence-corrected chi connectivity index (χ2v) is 6.27. The van der Waals surface area contributed by atoms with Crippen molar-refractivity contribution in [1.82, 2.24) is 4.90 Å². The molecule has 2 rings (SSSR count). The van der Waals surface area contributed by atoms with Crippen molar-refractivity contribution in [3.63, 3.8) is 0 Å². The van der Waals surface area contributed by atoms with Gasteiger partial charge in [0.1, 0.15) is 4.99 Å². The monoisotopic (exact) mass is 312 g/mol. The van der Waals surface area contributed by atoms with E-state index in [-0.39, 0.29) is 0 Å². The van der Waals surface area contributed by atoms with Crippen LogP contribution in [-0.4, -0.2) is 36.7 Å². The Morgan fingerprint density at radius 2 is 2.25 bits per heavy atom. The van der Waals surface area contributed by atoms with Crippen molar-refractivity contribution in [1.29, 1.82) is 0 Å². The number of halogens is 1. The molecule has 1 aromatic rings. The molecule has 0 amide bonds. The van der Waals surface area contributed by atoms with Crippen molar-refractivity contribution in [3.05, 3.63) is 34.3 Å². The van der Waals surface area contributed by atoms with E-state index in [1.165, 1.54) is 12.8 Å². The number of rotatable bonds is 8. The van der Waals surface area contributed by atoms with Gasteiger partial charge in [-0.3, -0.25) is 4.90 Å². The van der Waals surface area contributed by atoms with Gasteiger partial charge >= 0.3 is 0 Å². The van der Waals surface area contributed by atoms with E-state index in [2.05, 4.69) is 11.9 Å². The van der Waals surface area contributed by atoms with Gasteiger partial charge < -0.3 is 10.5 Å². The van der Waals surface area contributed by atoms with Crippen molar-refractivity contribution < 1.29 is 4.74 Å². The molecule has 1 aliphatic rings. The third-order valence-electron chi connectivity index (χ3n) is 3.45. The molecule has 0 spiro atoms. The number of thiocarbonyl (C=S) groups is 1. The van der Waals surface area contributed by atoms with Gasteiger partial charge in [0.2, 0.25) is 0 Å². The van der Waals surface area contributed by atoms with Gasteiger partial charge in [0.05, 0.1) is 6.61 Å². The molecular weight excluding hydrogens is 292 g/mol. The Kier molecular flexibility index (Phi) is 5.78. The van der Waals surface area contributed by atoms with Crippen LogP contribution < -0.4 is 5.73 Å². The fourth-order valence-corrected chi connectivity index (χ4v) is 2.32. The van der Waals surface area contributed by atoms with Crippen LogP contribution in [0.5, 0.6) is 0 Å². The maximum absolute atomic E-state index is 6.26. The largest absolute Gasteiger partial charge is 0.389 e. The highest BCUT2D eigenvalue weighted by atomic mass is 35.5. The molecule has 0 unspecified atom stereocenters. The number of hydrogen-bond acceptors (Lipinski definition) is 3. The number of nitrogens with zero attached hydrogens (tertiary/aromatic N) is 1. The molecule has 3 nitrogen and oxygen atoms in total. The number of benzene rings is 1. The van der Waals surface area contributed by atoms with Crippen molar-refractivity contribution in [3.8, 4) is 0 Å². The van der Waals surface area contributed by atoms with Crippen LogP contribution in [0.4, 0.5) is 0 Å². The summed E-state index contributed by atoms with van der Waals surface area (Å²) in [6.45, 7) is 3.39. The first-order valence-corrected chi connectivity index (χ1v) is 7.69. The Morgan fingerprint density at radius 1 is 1.50 bits per heavy atom. The molecule has 0 atom stereocenters. The predicted molar refractivity (Wildman–Crippen MR) is 87.2 cm³/mol. The van der Waals surface area contributed by atoms with Gasteiger partial charge in [0.15, 0.2) is 0 Å². The molecule has 0 heterocycles. The second kappa shape index (κ2) is 7.36. The fraction of sp³-hybridized carbons (Fsp3) is 0.533. The first kappa shape index (κ1) is 15.7. The van der Waals surface area contributed by atoms with Crippen molar-refractivity contribution in [2.24, 2.45) is 11.7 Å². The van der Waals surface area contributed by atoms with Crippen LogP contribution in [0, 0.1) is 5.92 Å². The quantitative estimate of drug-likeness (QED) is 0.592. The number of likely N-dealkylation sites (N-methyl/N-ethyl adjacent to an activating group) is 1. The zero-order valence-corrected chi connectivity index (χ0v) is 13.3. The molecule has 1 aliphatic carbocycles. The molecule has 0 aromatic heterocycles. The Labute approximate surface area is 131 Å². The van der Waals surface area contributed by atoms with E-state index in [9.17, 15) is 0 Å². The highest BCUT2D eigenvalue weighted by molar-refractivity contribution is 7.80. The normalized spacial score (nSPS) is 14.8. The van der Waals surface area contributed by atoms with E-state index in [1.807, 2.05) is 18.2 Å². The maximum Gasteiger partial charge on any atom is 0.104 e. The number of ether oxygens (including phenoxy) is 1. The highest BCUT2D eigenvalue weighted by Gasteiger charge is 2.20. The van der Waals surface area contributed by atoms with Crippen LogP contribution in [0.15, 0.2) is 18.2 Å². The summed E-state index contributed by atoms with van der Waals surface area (Å²) in [6.07, 6.45) is 2.67. The van der Waals surface area contributed by atoms with Crippen molar-refractivity contribution in [2.75, 3.05) is 26.8 Å². The van der Waals surface area contributed by atoms with E-state index >= 15 is 0 Å². The van der Waals surface area contributed by atoms with Crippen molar-refractivity contribution >= 4 is 28.8 Å². The molecule has 0 saturated heterocycles. The Balaban J connectivity index is 1.77. The average molecular weight is 313 g/mol. The summed E-state index contributed by atoms with van der Waals surface area (Å²) in [7, 11) is 2.07. The van der Waals surface area contributed by atoms with Crippen LogP contribution in [0.1, 0.15) is 24.0 Å². The molecule has 5 heteroatoms. The van der Waals surface area contributed by atoms with E-state index in [4.69, 9.17) is 34.3 Å². The van der Waals surface area contributed by atoms with E-state index in [0.29, 0.717) is 10.0 Å². The zero-order valence-electron chi connectivity index (χ0n) is 11.8. The lowest BCUT2D eigenvalue weighted by Gasteiger charge is -2.18. The smallest absolute Gasteiger partial charge is 0.104 e. The fourth-order valence-electron chi connectivity index (χ4n) is 1.95. The molecule has 110 valence electrons. The summed E-state index contributed by atoms with van der Waals surface area (Å²) in [5, 5.41) is 0.709. The summed E-state index contributed by atoms with van der Waals surface area (Å²) in [6, 6.07) is 5.73. The van der Waals surface area contributed by atoms with Gasteiger partial charge in [-0.2, -0.15) is 0 Å². The summed E-state index contributed by atoms with van der Waals surface area (Å²) >= 11 is 11.2. The topological polar surface area (TPSA) is 38.5 Å². The van der Waals surface area contributed by atoms with Crippen LogP contribution in [0.25, 0.3) is 0 Å². The van der Waals surface area contributed by atoms with E-state index in [0.717, 1.165) is 43.3 Å². The van der Waals surface area contributed by atoms with E-state index in [1.54, 1.807) is 0 Å². The van der Waals surface area contributed by atoms with Gasteiger partial charge in [0.25, 0.3) is 0 Å². The average Bonchev–Trinajstić information content (AvgIpc) is 3.21. The molecule has 1 aromatic carbocycles. The van der Waals surface area contributed by atoms with E-state index < -0.39 is 0 Å². The van der Waals surface area contributed by atoms with Crippen molar-refractivity contribution in [2.45, 2.75) is 19.4 Å². The Morgan fingerprint density at radius 3 is 2.85 bits per heavy atom. The number of nitrogens with two attached hydrogens (primary N) is 1. The zero-order chi connectivity index (χ0) is 14.5. The van der Waals surface area contributed by atoms with Gasteiger partial charge in [-0.05, 0) is 37.4 Å². The standard InChI is InChI=1S/C15H21ClN2OS/c1-18(6-7-19-10-11-2-3-11)9-13-5-4-12(15(17)20)8-14(13)16/h4-5,8,11H,2-3,6-7,9-10H2,1H3,(H2,17,20). The van der Waals surface area contributed by atoms with Gasteiger partial charge in [0, 0.05) is 30.3 Å². The van der Waals surface area contributed by atoms with Crippen LogP contribution in [0.3, 0.4) is 0 Å². The van der Waals surface area contributed by atoms with Crippen LogP contribution in [0.2, 0.25) is 5.02 Å². The molecular formula is C15H21ClN2OS. The first-order valence-electron chi connectivity index (χ1n) is 6.91. The third-order valence-corrected chi connectivity index (χ3v) is 4.03. The molecule has 20 heavy (non-hydrogen) atoms. The first-order chi connectivity index (χ1) is 9.56. The summed E-state index contributed by atoms with van der Waals surface area (Å²) in [5.41, 5.74) is 7.48. The molecule has 2 N–H and O–H groups in total. The minimum atomic E-state index is 0.375. The second-order valence-electron chi connectivity index (χ2n) is 5.43. The molecule has 1 saturated carbocycles. The predicted octanol–water partition coefficient (Wildman–Crippen LogP) is 2.83. The molecule has 1 fully saturated rings. The third kappa shape index (κ3) is 5.02. The van der Waals surface area contributed by atoms with Crippen LogP contribution in [-0.2, 0) is 11.3 Å². The Hall–Kier alpha value is -0.680. The summed E-state index contributed by atoms with van der Waals surface area (Å²) in [5.74, 6) is 0.822. The van der Waals surface area contributed by atoms with Gasteiger partial charge in [-0.15, -0.1) is 0 Å². The highest BCUT2D eigenvalue weighted by Crippen LogP contribution is 2.28. The van der Waals surface area contributed by atoms with Gasteiger partial charge in [-0.25, -0.2) is 0 Å².